The van der Waals surface area contributed by atoms with E-state index in [4.69, 9.17) is 10.2 Å². The summed E-state index contributed by atoms with van der Waals surface area (Å²) in [6.07, 6.45) is 0. The first-order chi connectivity index (χ1) is 4.06. The van der Waals surface area contributed by atoms with Crippen LogP contribution in [0.5, 0.6) is 0 Å². The van der Waals surface area contributed by atoms with Crippen molar-refractivity contribution >= 4 is 5.97 Å². The second kappa shape index (κ2) is 11.7. The molecular weight excluding hydrogens is 168 g/mol. The normalized spacial score (nSPS) is 6.30. The van der Waals surface area contributed by atoms with Crippen molar-refractivity contribution < 1.29 is 36.7 Å². The summed E-state index contributed by atoms with van der Waals surface area (Å²) in [6.45, 7) is 6.53. The number of aliphatic hydroxyl groups is 1. The molecule has 0 aromatic heterocycles. The van der Waals surface area contributed by atoms with Gasteiger partial charge in [-0.2, -0.15) is 0 Å². The van der Waals surface area contributed by atoms with Crippen LogP contribution in [-0.4, -0.2) is 22.8 Å². The Kier molecular flexibility index (Phi) is 19.2. The Balaban J connectivity index is -0.000000107. The van der Waals surface area contributed by atoms with E-state index in [0.717, 1.165) is 0 Å². The third-order valence-corrected chi connectivity index (χ3v) is 0.365. The zero-order valence-electron chi connectivity index (χ0n) is 6.22. The maximum absolute atomic E-state index is 9.60. The minimum absolute atomic E-state index is 0. The quantitative estimate of drug-likeness (QED) is 0.459. The molecule has 10 heavy (non-hydrogen) atoms. The minimum Gasteiger partial charge on any atom is -0.478 e. The molecule has 2 N–H and O–H groups in total. The second-order valence-electron chi connectivity index (χ2n) is 1.40. The molecule has 0 rings (SSSR count). The summed E-state index contributed by atoms with van der Waals surface area (Å²) in [6, 6.07) is 0. The van der Waals surface area contributed by atoms with Crippen LogP contribution in [0.2, 0.25) is 0 Å². The SMILES string of the molecule is C=C(C)C(=O)O.CCO.[Ti]. The Hall–Kier alpha value is -0.116. The number of hydrogen-bond acceptors (Lipinski definition) is 2. The fourth-order valence-electron chi connectivity index (χ4n) is 0. The summed E-state index contributed by atoms with van der Waals surface area (Å²) in [7, 11) is 0. The van der Waals surface area contributed by atoms with Gasteiger partial charge >= 0.3 is 5.97 Å². The van der Waals surface area contributed by atoms with Crippen LogP contribution in [0.15, 0.2) is 12.2 Å². The maximum atomic E-state index is 9.60. The molecule has 0 aromatic carbocycles. The summed E-state index contributed by atoms with van der Waals surface area (Å²) in [5, 5.41) is 15.5. The first kappa shape index (κ1) is 16.5. The Morgan fingerprint density at radius 2 is 1.70 bits per heavy atom. The zero-order valence-corrected chi connectivity index (χ0v) is 7.78. The van der Waals surface area contributed by atoms with Gasteiger partial charge in [0.2, 0.25) is 0 Å². The van der Waals surface area contributed by atoms with Gasteiger partial charge in [0.25, 0.3) is 0 Å². The molecule has 0 aliphatic heterocycles. The summed E-state index contributed by atoms with van der Waals surface area (Å²) < 4.78 is 0. The fraction of sp³-hybridized carbons (Fsp3) is 0.500. The molecule has 58 valence electrons. The molecule has 0 aliphatic rings. The summed E-state index contributed by atoms with van der Waals surface area (Å²) >= 11 is 0. The number of rotatable bonds is 1. The molecule has 0 radical (unpaired) electrons. The van der Waals surface area contributed by atoms with Gasteiger partial charge in [0.1, 0.15) is 0 Å². The number of aliphatic carboxylic acids is 1. The largest absolute Gasteiger partial charge is 0.478 e. The van der Waals surface area contributed by atoms with Crippen LogP contribution >= 0.6 is 0 Å². The van der Waals surface area contributed by atoms with Crippen molar-refractivity contribution in [1.29, 1.82) is 0 Å². The first-order valence-corrected chi connectivity index (χ1v) is 2.55. The van der Waals surface area contributed by atoms with Gasteiger partial charge in [-0.15, -0.1) is 0 Å². The fourth-order valence-corrected chi connectivity index (χ4v) is 0. The number of hydrogen-bond donors (Lipinski definition) is 2. The third kappa shape index (κ3) is 24.8. The van der Waals surface area contributed by atoms with Crippen LogP contribution in [0.3, 0.4) is 0 Å². The van der Waals surface area contributed by atoms with Crippen molar-refractivity contribution in [3.63, 3.8) is 0 Å². The van der Waals surface area contributed by atoms with Crippen LogP contribution < -0.4 is 0 Å². The monoisotopic (exact) mass is 180 g/mol. The Bertz CT molecular complexity index is 89.2. The van der Waals surface area contributed by atoms with Crippen molar-refractivity contribution in [2.24, 2.45) is 0 Å². The minimum atomic E-state index is -0.935. The van der Waals surface area contributed by atoms with E-state index < -0.39 is 5.97 Å². The van der Waals surface area contributed by atoms with E-state index in [1.807, 2.05) is 0 Å². The molecule has 0 saturated carbocycles. The van der Waals surface area contributed by atoms with Gasteiger partial charge in [-0.1, -0.05) is 6.58 Å². The van der Waals surface area contributed by atoms with Crippen molar-refractivity contribution in [1.82, 2.24) is 0 Å². The molecular formula is C6H12O3Ti. The van der Waals surface area contributed by atoms with E-state index in [1.54, 1.807) is 6.92 Å². The average Bonchev–Trinajstić information content (AvgIpc) is 1.68. The average molecular weight is 180 g/mol. The van der Waals surface area contributed by atoms with Gasteiger partial charge in [0.15, 0.2) is 0 Å². The Labute approximate surface area is 75.6 Å². The topological polar surface area (TPSA) is 57.5 Å². The number of aliphatic hydroxyl groups excluding tert-OH is 1. The molecule has 0 bridgehead atoms. The predicted molar refractivity (Wildman–Crippen MR) is 35.2 cm³/mol. The molecule has 4 heteroatoms. The molecule has 0 unspecified atom stereocenters. The number of carboxylic acid groups (broad SMARTS) is 1. The van der Waals surface area contributed by atoms with Crippen molar-refractivity contribution in [2.75, 3.05) is 6.61 Å². The molecule has 3 nitrogen and oxygen atoms in total. The van der Waals surface area contributed by atoms with E-state index in [0.29, 0.717) is 0 Å². The molecule has 0 heterocycles. The summed E-state index contributed by atoms with van der Waals surface area (Å²) in [4.78, 5) is 9.60. The van der Waals surface area contributed by atoms with E-state index in [2.05, 4.69) is 6.58 Å². The third-order valence-electron chi connectivity index (χ3n) is 0.365. The smallest absolute Gasteiger partial charge is 0.330 e. The van der Waals surface area contributed by atoms with Crippen molar-refractivity contribution in [2.45, 2.75) is 13.8 Å². The molecule has 0 atom stereocenters. The molecule has 0 saturated heterocycles. The molecule has 0 aliphatic carbocycles. The second-order valence-corrected chi connectivity index (χ2v) is 1.40. The van der Waals surface area contributed by atoms with Gasteiger partial charge in [-0.05, 0) is 13.8 Å². The van der Waals surface area contributed by atoms with Gasteiger partial charge in [-0.3, -0.25) is 0 Å². The van der Waals surface area contributed by atoms with Crippen molar-refractivity contribution in [3.05, 3.63) is 12.2 Å². The first-order valence-electron chi connectivity index (χ1n) is 2.55. The number of carboxylic acids is 1. The van der Waals surface area contributed by atoms with Crippen LogP contribution in [-0.2, 0) is 26.5 Å². The molecule has 0 amide bonds. The van der Waals surface area contributed by atoms with Gasteiger partial charge in [0, 0.05) is 33.9 Å². The van der Waals surface area contributed by atoms with E-state index in [9.17, 15) is 4.79 Å². The van der Waals surface area contributed by atoms with Gasteiger partial charge in [0.05, 0.1) is 0 Å². The van der Waals surface area contributed by atoms with E-state index in [-0.39, 0.29) is 33.9 Å². The van der Waals surface area contributed by atoms with Gasteiger partial charge < -0.3 is 10.2 Å². The van der Waals surface area contributed by atoms with E-state index in [1.165, 1.54) is 6.92 Å². The van der Waals surface area contributed by atoms with Crippen LogP contribution in [0.1, 0.15) is 13.8 Å². The Morgan fingerprint density at radius 3 is 1.70 bits per heavy atom. The summed E-state index contributed by atoms with van der Waals surface area (Å²) in [5.41, 5.74) is 0.176. The van der Waals surface area contributed by atoms with Crippen LogP contribution in [0.4, 0.5) is 0 Å². The van der Waals surface area contributed by atoms with Gasteiger partial charge in [-0.25, -0.2) is 4.79 Å². The standard InChI is InChI=1S/C4H6O2.C2H6O.Ti/c1-3(2)4(5)6;1-2-3;/h1H2,2H3,(H,5,6);3H,2H2,1H3;. The maximum Gasteiger partial charge on any atom is 0.330 e. The molecule has 0 spiro atoms. The zero-order chi connectivity index (χ0) is 7.86. The van der Waals surface area contributed by atoms with Crippen molar-refractivity contribution in [3.8, 4) is 0 Å². The summed E-state index contributed by atoms with van der Waals surface area (Å²) in [5.74, 6) is -0.935. The van der Waals surface area contributed by atoms with E-state index >= 15 is 0 Å². The number of carbonyl (C=O) groups is 1. The molecule has 0 aromatic rings. The van der Waals surface area contributed by atoms with Crippen LogP contribution in [0.25, 0.3) is 0 Å². The predicted octanol–water partition coefficient (Wildman–Crippen LogP) is 0.643. The van der Waals surface area contributed by atoms with Crippen LogP contribution in [0, 0.1) is 0 Å². The molecule has 0 fully saturated rings. The Morgan fingerprint density at radius 1 is 1.60 bits per heavy atom.